The molecule has 0 unspecified atom stereocenters. The first kappa shape index (κ1) is 8.99. The zero-order valence-electron chi connectivity index (χ0n) is 7.32. The maximum Gasteiger partial charge on any atom is 0.286 e. The summed E-state index contributed by atoms with van der Waals surface area (Å²) in [5, 5.41) is 0. The molecule has 1 aromatic heterocycles. The second-order valence-electron chi connectivity index (χ2n) is 3.03. The van der Waals surface area contributed by atoms with Gasteiger partial charge in [0.15, 0.2) is 0 Å². The maximum atomic E-state index is 12.7. The first-order valence-corrected chi connectivity index (χ1v) is 4.22. The summed E-state index contributed by atoms with van der Waals surface area (Å²) in [6, 6.07) is 5.31. The Hall–Kier alpha value is -1.58. The maximum absolute atomic E-state index is 12.7. The zero-order chi connectivity index (χ0) is 10.0. The molecule has 0 atom stereocenters. The van der Waals surface area contributed by atoms with E-state index >= 15 is 0 Å². The number of hydrogen-bond donors (Lipinski definition) is 0. The summed E-state index contributed by atoms with van der Waals surface area (Å²) < 4.78 is 25.4. The molecule has 0 saturated heterocycles. The number of nitrogens with zero attached hydrogens (tertiary/aromatic N) is 2. The van der Waals surface area contributed by atoms with Crippen LogP contribution in [0.4, 0.5) is 8.78 Å². The third-order valence-corrected chi connectivity index (χ3v) is 1.89. The summed E-state index contributed by atoms with van der Waals surface area (Å²) in [4.78, 5) is 7.70. The Morgan fingerprint density at radius 2 is 2.14 bits per heavy atom. The summed E-state index contributed by atoms with van der Waals surface area (Å²) in [5.74, 6) is -2.81. The molecule has 1 aliphatic rings. The fourth-order valence-corrected chi connectivity index (χ4v) is 1.19. The van der Waals surface area contributed by atoms with Crippen molar-refractivity contribution in [2.24, 2.45) is 4.99 Å². The lowest BCUT2D eigenvalue weighted by Gasteiger charge is -2.13. The van der Waals surface area contributed by atoms with Crippen molar-refractivity contribution < 1.29 is 8.78 Å². The number of pyridine rings is 1. The lowest BCUT2D eigenvalue weighted by atomic mass is 10.1. The molecule has 0 bridgehead atoms. The topological polar surface area (TPSA) is 25.2 Å². The van der Waals surface area contributed by atoms with Gasteiger partial charge in [-0.15, -0.1) is 0 Å². The van der Waals surface area contributed by atoms with E-state index in [0.717, 1.165) is 0 Å². The Labute approximate surface area is 80.0 Å². The average Bonchev–Trinajstić information content (AvgIpc) is 2.19. The van der Waals surface area contributed by atoms with Crippen molar-refractivity contribution in [2.45, 2.75) is 12.3 Å². The molecule has 0 fully saturated rings. The van der Waals surface area contributed by atoms with Crippen molar-refractivity contribution in [1.82, 2.24) is 4.98 Å². The first-order valence-electron chi connectivity index (χ1n) is 4.22. The summed E-state index contributed by atoms with van der Waals surface area (Å²) in [6.45, 7) is 0. The summed E-state index contributed by atoms with van der Waals surface area (Å²) in [7, 11) is 0. The number of alkyl halides is 2. The van der Waals surface area contributed by atoms with Crippen LogP contribution < -0.4 is 0 Å². The highest BCUT2D eigenvalue weighted by molar-refractivity contribution is 5.79. The molecule has 0 N–H and O–H groups in total. The van der Waals surface area contributed by atoms with E-state index in [2.05, 4.69) is 9.98 Å². The van der Waals surface area contributed by atoms with Gasteiger partial charge in [-0.1, -0.05) is 12.1 Å². The van der Waals surface area contributed by atoms with Crippen LogP contribution >= 0.6 is 0 Å². The van der Waals surface area contributed by atoms with E-state index < -0.39 is 5.92 Å². The standard InChI is InChI=1S/C10H8F2N2/c11-10(12)5-4-9(14-7-10)8-3-1-2-6-13-8/h1-4,6-7H,5H2. The minimum absolute atomic E-state index is 0.303. The number of hydrogen-bond acceptors (Lipinski definition) is 2. The van der Waals surface area contributed by atoms with Gasteiger partial charge >= 0.3 is 0 Å². The highest BCUT2D eigenvalue weighted by Gasteiger charge is 2.27. The number of allylic oxidation sites excluding steroid dienone is 1. The molecule has 1 aliphatic heterocycles. The molecule has 0 aromatic carbocycles. The number of rotatable bonds is 1. The largest absolute Gasteiger partial charge is 0.286 e. The van der Waals surface area contributed by atoms with Crippen LogP contribution in [-0.2, 0) is 0 Å². The van der Waals surface area contributed by atoms with Gasteiger partial charge in [0.25, 0.3) is 5.92 Å². The van der Waals surface area contributed by atoms with Gasteiger partial charge < -0.3 is 0 Å². The molecular weight excluding hydrogens is 186 g/mol. The molecule has 4 heteroatoms. The van der Waals surface area contributed by atoms with Gasteiger partial charge in [-0.2, -0.15) is 8.78 Å². The number of aromatic nitrogens is 1. The van der Waals surface area contributed by atoms with Gasteiger partial charge in [0.2, 0.25) is 0 Å². The summed E-state index contributed by atoms with van der Waals surface area (Å²) in [6.07, 6.45) is 3.39. The predicted molar refractivity (Wildman–Crippen MR) is 50.3 cm³/mol. The Balaban J connectivity index is 2.25. The summed E-state index contributed by atoms with van der Waals surface area (Å²) >= 11 is 0. The molecule has 72 valence electrons. The van der Waals surface area contributed by atoms with Crippen molar-refractivity contribution in [3.8, 4) is 0 Å². The Bertz CT molecular complexity index is 382. The van der Waals surface area contributed by atoms with Gasteiger partial charge in [0.05, 0.1) is 17.6 Å². The second kappa shape index (κ2) is 3.29. The van der Waals surface area contributed by atoms with Crippen LogP contribution in [-0.4, -0.2) is 17.1 Å². The van der Waals surface area contributed by atoms with Crippen LogP contribution in [0.3, 0.4) is 0 Å². The van der Waals surface area contributed by atoms with Crippen LogP contribution in [0.25, 0.3) is 5.70 Å². The van der Waals surface area contributed by atoms with E-state index in [1.165, 1.54) is 6.08 Å². The van der Waals surface area contributed by atoms with Gasteiger partial charge in [0.1, 0.15) is 0 Å². The molecule has 0 amide bonds. The Kier molecular flexibility index (Phi) is 2.11. The van der Waals surface area contributed by atoms with Crippen molar-refractivity contribution in [3.05, 3.63) is 36.2 Å². The van der Waals surface area contributed by atoms with E-state index in [0.29, 0.717) is 17.6 Å². The molecule has 14 heavy (non-hydrogen) atoms. The van der Waals surface area contributed by atoms with Crippen LogP contribution in [0.2, 0.25) is 0 Å². The smallest absolute Gasteiger partial charge is 0.255 e. The van der Waals surface area contributed by atoms with Crippen LogP contribution in [0.1, 0.15) is 12.1 Å². The lowest BCUT2D eigenvalue weighted by molar-refractivity contribution is 0.0865. The molecule has 0 aliphatic carbocycles. The Morgan fingerprint density at radius 1 is 1.29 bits per heavy atom. The molecule has 2 nitrogen and oxygen atoms in total. The minimum atomic E-state index is -2.81. The average molecular weight is 194 g/mol. The van der Waals surface area contributed by atoms with E-state index in [9.17, 15) is 8.78 Å². The number of halogens is 2. The highest BCUT2D eigenvalue weighted by atomic mass is 19.3. The van der Waals surface area contributed by atoms with Crippen molar-refractivity contribution in [1.29, 1.82) is 0 Å². The normalized spacial score (nSPS) is 19.1. The predicted octanol–water partition coefficient (Wildman–Crippen LogP) is 2.53. The lowest BCUT2D eigenvalue weighted by Crippen LogP contribution is -2.19. The molecule has 0 spiro atoms. The molecule has 0 saturated carbocycles. The fourth-order valence-electron chi connectivity index (χ4n) is 1.19. The van der Waals surface area contributed by atoms with Crippen molar-refractivity contribution in [3.63, 3.8) is 0 Å². The van der Waals surface area contributed by atoms with E-state index in [-0.39, 0.29) is 6.42 Å². The van der Waals surface area contributed by atoms with Gasteiger partial charge in [-0.05, 0) is 12.1 Å². The van der Waals surface area contributed by atoms with Crippen LogP contribution in [0.15, 0.2) is 35.5 Å². The van der Waals surface area contributed by atoms with E-state index in [4.69, 9.17) is 0 Å². The summed E-state index contributed by atoms with van der Waals surface area (Å²) in [5.41, 5.74) is 1.13. The number of aliphatic imine (C=N–C) groups is 1. The van der Waals surface area contributed by atoms with Gasteiger partial charge in [0, 0.05) is 12.6 Å². The van der Waals surface area contributed by atoms with E-state index in [1.54, 1.807) is 24.4 Å². The van der Waals surface area contributed by atoms with Crippen LogP contribution in [0, 0.1) is 0 Å². The van der Waals surface area contributed by atoms with Gasteiger partial charge in [-0.3, -0.25) is 9.98 Å². The van der Waals surface area contributed by atoms with Crippen molar-refractivity contribution >= 4 is 11.9 Å². The van der Waals surface area contributed by atoms with Gasteiger partial charge in [-0.25, -0.2) is 0 Å². The highest BCUT2D eigenvalue weighted by Crippen LogP contribution is 2.26. The first-order chi connectivity index (χ1) is 6.67. The third-order valence-electron chi connectivity index (χ3n) is 1.89. The second-order valence-corrected chi connectivity index (χ2v) is 3.03. The minimum Gasteiger partial charge on any atom is -0.255 e. The quantitative estimate of drug-likeness (QED) is 0.674. The monoisotopic (exact) mass is 194 g/mol. The SMILES string of the molecule is FC1(F)C=NC(c2ccccn2)=CC1. The zero-order valence-corrected chi connectivity index (χ0v) is 7.32. The Morgan fingerprint density at radius 3 is 2.71 bits per heavy atom. The molecule has 2 heterocycles. The van der Waals surface area contributed by atoms with E-state index in [1.807, 2.05) is 0 Å². The van der Waals surface area contributed by atoms with Crippen molar-refractivity contribution in [2.75, 3.05) is 0 Å². The molecule has 1 aromatic rings. The third kappa shape index (κ3) is 1.84. The molecule has 2 rings (SSSR count). The fraction of sp³-hybridized carbons (Fsp3) is 0.200. The molecular formula is C10H8F2N2. The molecule has 0 radical (unpaired) electrons. The van der Waals surface area contributed by atoms with Crippen LogP contribution in [0.5, 0.6) is 0 Å².